The number of nitrogens with zero attached hydrogens (tertiary/aromatic N) is 2. The molecular formula is C16H26N4O5S. The van der Waals surface area contributed by atoms with Crippen LogP contribution in [0.15, 0.2) is 12.3 Å². The van der Waals surface area contributed by atoms with Crippen LogP contribution in [-0.4, -0.2) is 69.0 Å². The number of anilines is 1. The number of carbonyl (C=O) groups excluding carboxylic acids is 1. The van der Waals surface area contributed by atoms with Gasteiger partial charge in [-0.3, -0.25) is 0 Å². The van der Waals surface area contributed by atoms with E-state index in [-0.39, 0.29) is 25.3 Å². The zero-order valence-corrected chi connectivity index (χ0v) is 16.3. The highest BCUT2D eigenvalue weighted by molar-refractivity contribution is 7.88. The summed E-state index contributed by atoms with van der Waals surface area (Å²) in [5, 5.41) is 2.82. The van der Waals surface area contributed by atoms with E-state index in [2.05, 4.69) is 15.0 Å². The van der Waals surface area contributed by atoms with Gasteiger partial charge in [0.2, 0.25) is 15.9 Å². The van der Waals surface area contributed by atoms with Crippen molar-refractivity contribution in [3.05, 3.63) is 17.8 Å². The van der Waals surface area contributed by atoms with Crippen LogP contribution in [0.4, 0.5) is 10.5 Å². The first-order chi connectivity index (χ1) is 12.2. The number of hydrogen-bond acceptors (Lipinski definition) is 6. The third-order valence-electron chi connectivity index (χ3n) is 3.65. The zero-order chi connectivity index (χ0) is 19.3. The van der Waals surface area contributed by atoms with E-state index in [9.17, 15) is 13.2 Å². The maximum Gasteiger partial charge on any atom is 0.322 e. The molecule has 0 aromatic carbocycles. The van der Waals surface area contributed by atoms with Crippen molar-refractivity contribution >= 4 is 21.7 Å². The standard InChI is InChI=1S/C16H26N4O5S/c1-11(2)25-15-14(7-12(3)8-17-15)19-16(21)20-5-6-24-10-13(20)9-18-26(4,22)23/h7-8,11,13,18H,5-6,9-10H2,1-4H3,(H,19,21). The molecule has 1 aliphatic rings. The van der Waals surface area contributed by atoms with E-state index in [1.54, 1.807) is 17.2 Å². The van der Waals surface area contributed by atoms with Crippen LogP contribution in [0.1, 0.15) is 19.4 Å². The fraction of sp³-hybridized carbons (Fsp3) is 0.625. The Morgan fingerprint density at radius 2 is 2.23 bits per heavy atom. The quantitative estimate of drug-likeness (QED) is 0.754. The number of nitrogens with one attached hydrogen (secondary N) is 2. The largest absolute Gasteiger partial charge is 0.473 e. The van der Waals surface area contributed by atoms with Crippen LogP contribution in [-0.2, 0) is 14.8 Å². The number of rotatable bonds is 6. The number of ether oxygens (including phenoxy) is 2. The van der Waals surface area contributed by atoms with E-state index in [0.717, 1.165) is 11.8 Å². The van der Waals surface area contributed by atoms with Crippen molar-refractivity contribution in [3.8, 4) is 5.88 Å². The Morgan fingerprint density at radius 3 is 2.88 bits per heavy atom. The summed E-state index contributed by atoms with van der Waals surface area (Å²) in [6.45, 7) is 6.73. The number of amides is 2. The van der Waals surface area contributed by atoms with Crippen LogP contribution in [0.3, 0.4) is 0 Å². The molecule has 0 aliphatic carbocycles. The van der Waals surface area contributed by atoms with Crippen molar-refractivity contribution in [2.45, 2.75) is 32.9 Å². The van der Waals surface area contributed by atoms with Crippen LogP contribution in [0.2, 0.25) is 0 Å². The number of pyridine rings is 1. The Kier molecular flexibility index (Phi) is 6.79. The van der Waals surface area contributed by atoms with Crippen molar-refractivity contribution in [2.24, 2.45) is 0 Å². The van der Waals surface area contributed by atoms with Gasteiger partial charge in [0.05, 0.1) is 31.6 Å². The smallest absolute Gasteiger partial charge is 0.322 e. The fourth-order valence-corrected chi connectivity index (χ4v) is 2.98. The topological polar surface area (TPSA) is 110 Å². The Bertz CT molecular complexity index is 738. The highest BCUT2D eigenvalue weighted by atomic mass is 32.2. The lowest BCUT2D eigenvalue weighted by molar-refractivity contribution is 0.0176. The van der Waals surface area contributed by atoms with E-state index in [0.29, 0.717) is 24.7 Å². The minimum atomic E-state index is -3.35. The first-order valence-electron chi connectivity index (χ1n) is 8.39. The summed E-state index contributed by atoms with van der Waals surface area (Å²) < 4.78 is 36.1. The van der Waals surface area contributed by atoms with Gasteiger partial charge in [0, 0.05) is 19.3 Å². The maximum absolute atomic E-state index is 12.8. The summed E-state index contributed by atoms with van der Waals surface area (Å²) in [5.74, 6) is 0.345. The lowest BCUT2D eigenvalue weighted by Crippen LogP contribution is -2.54. The summed E-state index contributed by atoms with van der Waals surface area (Å²) in [4.78, 5) is 18.5. The summed E-state index contributed by atoms with van der Waals surface area (Å²) in [6.07, 6.45) is 2.66. The minimum Gasteiger partial charge on any atom is -0.473 e. The molecule has 9 nitrogen and oxygen atoms in total. The van der Waals surface area contributed by atoms with Crippen LogP contribution < -0.4 is 14.8 Å². The second-order valence-electron chi connectivity index (χ2n) is 6.50. The predicted molar refractivity (Wildman–Crippen MR) is 97.9 cm³/mol. The third-order valence-corrected chi connectivity index (χ3v) is 4.34. The molecule has 0 spiro atoms. The van der Waals surface area contributed by atoms with Crippen molar-refractivity contribution in [2.75, 3.05) is 37.9 Å². The summed E-state index contributed by atoms with van der Waals surface area (Å²) in [6, 6.07) is 1.03. The first kappa shape index (κ1) is 20.4. The zero-order valence-electron chi connectivity index (χ0n) is 15.5. The number of sulfonamides is 1. The van der Waals surface area contributed by atoms with Gasteiger partial charge in [-0.15, -0.1) is 0 Å². The molecular weight excluding hydrogens is 360 g/mol. The Morgan fingerprint density at radius 1 is 1.50 bits per heavy atom. The van der Waals surface area contributed by atoms with Crippen LogP contribution in [0.25, 0.3) is 0 Å². The van der Waals surface area contributed by atoms with Crippen molar-refractivity contribution < 1.29 is 22.7 Å². The molecule has 146 valence electrons. The second-order valence-corrected chi connectivity index (χ2v) is 8.34. The monoisotopic (exact) mass is 386 g/mol. The number of morpholine rings is 1. The SMILES string of the molecule is Cc1cnc(OC(C)C)c(NC(=O)N2CCOCC2CNS(C)(=O)=O)c1. The van der Waals surface area contributed by atoms with Crippen molar-refractivity contribution in [1.29, 1.82) is 0 Å². The van der Waals surface area contributed by atoms with Gasteiger partial charge in [0.15, 0.2) is 0 Å². The molecule has 2 N–H and O–H groups in total. The molecule has 2 amide bonds. The predicted octanol–water partition coefficient (Wildman–Crippen LogP) is 0.959. The molecule has 26 heavy (non-hydrogen) atoms. The summed E-state index contributed by atoms with van der Waals surface area (Å²) in [7, 11) is -3.35. The lowest BCUT2D eigenvalue weighted by atomic mass is 10.2. The number of urea groups is 1. The van der Waals surface area contributed by atoms with E-state index in [1.165, 1.54) is 0 Å². The van der Waals surface area contributed by atoms with Crippen molar-refractivity contribution in [1.82, 2.24) is 14.6 Å². The normalized spacial score (nSPS) is 18.0. The van der Waals surface area contributed by atoms with Crippen molar-refractivity contribution in [3.63, 3.8) is 0 Å². The molecule has 0 radical (unpaired) electrons. The van der Waals surface area contributed by atoms with E-state index in [1.807, 2.05) is 20.8 Å². The first-order valence-corrected chi connectivity index (χ1v) is 10.3. The van der Waals surface area contributed by atoms with E-state index in [4.69, 9.17) is 9.47 Å². The van der Waals surface area contributed by atoms with Gasteiger partial charge in [-0.05, 0) is 32.4 Å². The molecule has 1 unspecified atom stereocenters. The maximum atomic E-state index is 12.8. The highest BCUT2D eigenvalue weighted by Gasteiger charge is 2.28. The second kappa shape index (κ2) is 8.65. The number of aryl methyl sites for hydroxylation is 1. The fourth-order valence-electron chi connectivity index (χ4n) is 2.49. The Labute approximate surface area is 154 Å². The van der Waals surface area contributed by atoms with Gasteiger partial charge in [-0.25, -0.2) is 22.9 Å². The Balaban J connectivity index is 2.13. The van der Waals surface area contributed by atoms with E-state index >= 15 is 0 Å². The molecule has 2 heterocycles. The summed E-state index contributed by atoms with van der Waals surface area (Å²) >= 11 is 0. The van der Waals surface area contributed by atoms with Gasteiger partial charge < -0.3 is 19.7 Å². The minimum absolute atomic E-state index is 0.0871. The molecule has 1 aliphatic heterocycles. The molecule has 1 fully saturated rings. The van der Waals surface area contributed by atoms with Gasteiger partial charge in [-0.2, -0.15) is 0 Å². The molecule has 1 saturated heterocycles. The van der Waals surface area contributed by atoms with Crippen LogP contribution in [0.5, 0.6) is 5.88 Å². The molecule has 0 saturated carbocycles. The molecule has 1 aromatic heterocycles. The van der Waals surface area contributed by atoms with Gasteiger partial charge in [0.1, 0.15) is 5.69 Å². The molecule has 1 aromatic rings. The third kappa shape index (κ3) is 6.11. The molecule has 0 bridgehead atoms. The van der Waals surface area contributed by atoms with Gasteiger partial charge >= 0.3 is 6.03 Å². The molecule has 2 rings (SSSR count). The van der Waals surface area contributed by atoms with Crippen LogP contribution in [0, 0.1) is 6.92 Å². The number of hydrogen-bond donors (Lipinski definition) is 2. The molecule has 1 atom stereocenters. The lowest BCUT2D eigenvalue weighted by Gasteiger charge is -2.35. The van der Waals surface area contributed by atoms with Crippen LogP contribution >= 0.6 is 0 Å². The van der Waals surface area contributed by atoms with Gasteiger partial charge in [0.25, 0.3) is 0 Å². The van der Waals surface area contributed by atoms with E-state index < -0.39 is 16.1 Å². The average Bonchev–Trinajstić information content (AvgIpc) is 2.54. The molecule has 10 heteroatoms. The highest BCUT2D eigenvalue weighted by Crippen LogP contribution is 2.24. The summed E-state index contributed by atoms with van der Waals surface area (Å²) in [5.41, 5.74) is 1.36. The van der Waals surface area contributed by atoms with Gasteiger partial charge in [-0.1, -0.05) is 0 Å². The Hall–Kier alpha value is -1.91. The average molecular weight is 386 g/mol. The number of carbonyl (C=O) groups is 1. The number of aromatic nitrogens is 1.